The summed E-state index contributed by atoms with van der Waals surface area (Å²) in [7, 11) is 0. The number of alkyl halides is 3. The summed E-state index contributed by atoms with van der Waals surface area (Å²) in [5.74, 6) is -1.50. The van der Waals surface area contributed by atoms with E-state index in [2.05, 4.69) is 15.9 Å². The molecule has 0 amide bonds. The van der Waals surface area contributed by atoms with Crippen molar-refractivity contribution in [3.8, 4) is 0 Å². The standard InChI is InChI=1S/C8H5BrF3NO2/c9-3-1-4(7(14)15)6(13)5(2-3)8(10,11)12/h1-2H,13H2,(H,14,15). The number of hydrogen-bond acceptors (Lipinski definition) is 2. The average Bonchev–Trinajstić information content (AvgIpc) is 2.06. The van der Waals surface area contributed by atoms with E-state index in [9.17, 15) is 18.0 Å². The zero-order valence-corrected chi connectivity index (χ0v) is 8.69. The number of benzene rings is 1. The van der Waals surface area contributed by atoms with Gasteiger partial charge < -0.3 is 10.8 Å². The minimum Gasteiger partial charge on any atom is -0.478 e. The number of carboxylic acid groups (broad SMARTS) is 1. The normalized spacial score (nSPS) is 11.5. The van der Waals surface area contributed by atoms with Crippen molar-refractivity contribution in [3.05, 3.63) is 27.7 Å². The van der Waals surface area contributed by atoms with Crippen LogP contribution in [0.5, 0.6) is 0 Å². The summed E-state index contributed by atoms with van der Waals surface area (Å²) < 4.78 is 37.2. The highest BCUT2D eigenvalue weighted by Crippen LogP contribution is 2.37. The maximum atomic E-state index is 12.4. The van der Waals surface area contributed by atoms with E-state index in [1.807, 2.05) is 0 Å². The first kappa shape index (κ1) is 11.8. The van der Waals surface area contributed by atoms with Crippen LogP contribution in [0, 0.1) is 0 Å². The van der Waals surface area contributed by atoms with Crippen LogP contribution in [0.2, 0.25) is 0 Å². The number of carboxylic acids is 1. The third-order valence-corrected chi connectivity index (χ3v) is 2.14. The second-order valence-electron chi connectivity index (χ2n) is 2.72. The fourth-order valence-corrected chi connectivity index (χ4v) is 1.49. The Morgan fingerprint density at radius 2 is 1.93 bits per heavy atom. The summed E-state index contributed by atoms with van der Waals surface area (Å²) in [4.78, 5) is 10.6. The summed E-state index contributed by atoms with van der Waals surface area (Å²) in [5.41, 5.74) is 2.61. The molecule has 0 fully saturated rings. The van der Waals surface area contributed by atoms with Gasteiger partial charge in [0.1, 0.15) is 0 Å². The van der Waals surface area contributed by atoms with Gasteiger partial charge in [0, 0.05) is 4.47 Å². The Morgan fingerprint density at radius 1 is 1.40 bits per heavy atom. The zero-order chi connectivity index (χ0) is 11.8. The maximum absolute atomic E-state index is 12.4. The molecular formula is C8H5BrF3NO2. The number of nitrogens with two attached hydrogens (primary N) is 1. The van der Waals surface area contributed by atoms with Gasteiger partial charge >= 0.3 is 12.1 Å². The van der Waals surface area contributed by atoms with Crippen LogP contribution in [0.3, 0.4) is 0 Å². The highest BCUT2D eigenvalue weighted by Gasteiger charge is 2.35. The molecule has 0 unspecified atom stereocenters. The molecule has 1 aromatic carbocycles. The second-order valence-corrected chi connectivity index (χ2v) is 3.63. The van der Waals surface area contributed by atoms with Gasteiger partial charge in [0.25, 0.3) is 0 Å². The molecule has 0 heterocycles. The molecular weight excluding hydrogens is 279 g/mol. The lowest BCUT2D eigenvalue weighted by molar-refractivity contribution is -0.136. The molecule has 1 aromatic rings. The van der Waals surface area contributed by atoms with Gasteiger partial charge in [0.05, 0.1) is 16.8 Å². The Morgan fingerprint density at radius 3 is 2.33 bits per heavy atom. The van der Waals surface area contributed by atoms with Gasteiger partial charge in [-0.15, -0.1) is 0 Å². The molecule has 0 aliphatic rings. The first-order valence-corrected chi connectivity index (χ1v) is 4.42. The minimum atomic E-state index is -4.67. The third-order valence-electron chi connectivity index (χ3n) is 1.68. The van der Waals surface area contributed by atoms with Crippen molar-refractivity contribution in [1.82, 2.24) is 0 Å². The zero-order valence-electron chi connectivity index (χ0n) is 7.10. The number of carbonyl (C=O) groups is 1. The van der Waals surface area contributed by atoms with E-state index in [0.717, 1.165) is 12.1 Å². The Kier molecular flexibility index (Phi) is 2.94. The summed E-state index contributed by atoms with van der Waals surface area (Å²) in [5, 5.41) is 8.61. The number of hydrogen-bond donors (Lipinski definition) is 2. The molecule has 0 bridgehead atoms. The molecule has 1 rings (SSSR count). The van der Waals surface area contributed by atoms with E-state index in [4.69, 9.17) is 10.8 Å². The topological polar surface area (TPSA) is 63.3 Å². The van der Waals surface area contributed by atoms with E-state index in [0.29, 0.717) is 0 Å². The first-order valence-electron chi connectivity index (χ1n) is 3.63. The first-order chi connectivity index (χ1) is 6.73. The van der Waals surface area contributed by atoms with Crippen molar-refractivity contribution in [2.24, 2.45) is 0 Å². The van der Waals surface area contributed by atoms with Crippen molar-refractivity contribution in [2.45, 2.75) is 6.18 Å². The number of anilines is 1. The number of rotatable bonds is 1. The molecule has 0 spiro atoms. The molecule has 82 valence electrons. The highest BCUT2D eigenvalue weighted by atomic mass is 79.9. The number of nitrogen functional groups attached to an aromatic ring is 1. The van der Waals surface area contributed by atoms with Crippen LogP contribution < -0.4 is 5.73 Å². The molecule has 0 aromatic heterocycles. The summed E-state index contributed by atoms with van der Waals surface area (Å²) in [6, 6.07) is 1.76. The third kappa shape index (κ3) is 2.41. The number of halogens is 4. The second kappa shape index (κ2) is 3.73. The fraction of sp³-hybridized carbons (Fsp3) is 0.125. The molecule has 0 aliphatic heterocycles. The molecule has 7 heteroatoms. The molecule has 0 aliphatic carbocycles. The Labute approximate surface area is 90.8 Å². The van der Waals surface area contributed by atoms with Crippen LogP contribution in [0.25, 0.3) is 0 Å². The Hall–Kier alpha value is -1.24. The lowest BCUT2D eigenvalue weighted by Crippen LogP contribution is -2.13. The molecule has 15 heavy (non-hydrogen) atoms. The molecule has 3 N–H and O–H groups in total. The minimum absolute atomic E-state index is 0.0152. The van der Waals surface area contributed by atoms with Crippen LogP contribution in [0.15, 0.2) is 16.6 Å². The quantitative estimate of drug-likeness (QED) is 0.779. The summed E-state index contributed by atoms with van der Waals surface area (Å²) >= 11 is 2.79. The van der Waals surface area contributed by atoms with Gasteiger partial charge in [-0.1, -0.05) is 15.9 Å². The van der Waals surface area contributed by atoms with E-state index in [1.165, 1.54) is 0 Å². The van der Waals surface area contributed by atoms with Crippen LogP contribution in [0.1, 0.15) is 15.9 Å². The number of aromatic carboxylic acids is 1. The van der Waals surface area contributed by atoms with E-state index < -0.39 is 29.0 Å². The molecule has 0 radical (unpaired) electrons. The molecule has 0 saturated heterocycles. The van der Waals surface area contributed by atoms with Crippen molar-refractivity contribution >= 4 is 27.6 Å². The van der Waals surface area contributed by atoms with Gasteiger partial charge in [-0.3, -0.25) is 0 Å². The average molecular weight is 284 g/mol. The smallest absolute Gasteiger partial charge is 0.418 e. The lowest BCUT2D eigenvalue weighted by Gasteiger charge is -2.12. The Balaban J connectivity index is 3.49. The highest BCUT2D eigenvalue weighted by molar-refractivity contribution is 9.10. The van der Waals surface area contributed by atoms with Gasteiger partial charge in [-0.05, 0) is 12.1 Å². The van der Waals surface area contributed by atoms with Crippen molar-refractivity contribution in [3.63, 3.8) is 0 Å². The van der Waals surface area contributed by atoms with Crippen molar-refractivity contribution in [2.75, 3.05) is 5.73 Å². The van der Waals surface area contributed by atoms with E-state index in [1.54, 1.807) is 0 Å². The van der Waals surface area contributed by atoms with Crippen LogP contribution >= 0.6 is 15.9 Å². The fourth-order valence-electron chi connectivity index (χ4n) is 1.03. The van der Waals surface area contributed by atoms with Crippen LogP contribution in [-0.2, 0) is 6.18 Å². The predicted octanol–water partition coefficient (Wildman–Crippen LogP) is 2.75. The van der Waals surface area contributed by atoms with Gasteiger partial charge in [-0.25, -0.2) is 4.79 Å². The largest absolute Gasteiger partial charge is 0.478 e. The van der Waals surface area contributed by atoms with Crippen molar-refractivity contribution < 1.29 is 23.1 Å². The predicted molar refractivity (Wildman–Crippen MR) is 50.5 cm³/mol. The summed E-state index contributed by atoms with van der Waals surface area (Å²) in [6.45, 7) is 0. The monoisotopic (exact) mass is 283 g/mol. The van der Waals surface area contributed by atoms with E-state index in [-0.39, 0.29) is 4.47 Å². The van der Waals surface area contributed by atoms with Gasteiger partial charge in [0.15, 0.2) is 0 Å². The maximum Gasteiger partial charge on any atom is 0.418 e. The van der Waals surface area contributed by atoms with Crippen LogP contribution in [0.4, 0.5) is 18.9 Å². The van der Waals surface area contributed by atoms with Gasteiger partial charge in [0.2, 0.25) is 0 Å². The lowest BCUT2D eigenvalue weighted by atomic mass is 10.1. The SMILES string of the molecule is Nc1c(C(=O)O)cc(Br)cc1C(F)(F)F. The van der Waals surface area contributed by atoms with Crippen molar-refractivity contribution in [1.29, 1.82) is 0 Å². The Bertz CT molecular complexity index is 417. The molecule has 0 atom stereocenters. The van der Waals surface area contributed by atoms with Crippen LogP contribution in [-0.4, -0.2) is 11.1 Å². The molecule has 0 saturated carbocycles. The molecule has 3 nitrogen and oxygen atoms in total. The van der Waals surface area contributed by atoms with Gasteiger partial charge in [-0.2, -0.15) is 13.2 Å². The summed E-state index contributed by atoms with van der Waals surface area (Å²) in [6.07, 6.45) is -4.67. The van der Waals surface area contributed by atoms with E-state index >= 15 is 0 Å².